The molecule has 0 unspecified atom stereocenters. The molecule has 1 fully saturated rings. The number of carbonyl (C=O) groups excluding carboxylic acids is 1. The van der Waals surface area contributed by atoms with Gasteiger partial charge in [0.05, 0.1) is 11.9 Å². The quantitative estimate of drug-likeness (QED) is 0.823. The molecule has 128 valence electrons. The molecule has 3 heterocycles. The second-order valence-electron chi connectivity index (χ2n) is 6.12. The van der Waals surface area contributed by atoms with Crippen molar-refractivity contribution in [3.8, 4) is 0 Å². The van der Waals surface area contributed by atoms with E-state index in [0.717, 1.165) is 30.6 Å². The highest BCUT2D eigenvalue weighted by Crippen LogP contribution is 2.26. The predicted octanol–water partition coefficient (Wildman–Crippen LogP) is 1.03. The number of amides is 1. The Morgan fingerprint density at radius 1 is 1.42 bits per heavy atom. The molecule has 2 aromatic rings. The molecule has 3 rings (SSSR count). The van der Waals surface area contributed by atoms with Gasteiger partial charge < -0.3 is 10.0 Å². The van der Waals surface area contributed by atoms with E-state index in [1.807, 2.05) is 11.0 Å². The van der Waals surface area contributed by atoms with Crippen LogP contribution in [0.25, 0.3) is 0 Å². The highest BCUT2D eigenvalue weighted by molar-refractivity contribution is 5.76. The number of aromatic amines is 1. The van der Waals surface area contributed by atoms with E-state index in [1.165, 1.54) is 4.68 Å². The van der Waals surface area contributed by atoms with Crippen molar-refractivity contribution in [1.82, 2.24) is 24.9 Å². The molecule has 1 aliphatic rings. The van der Waals surface area contributed by atoms with Gasteiger partial charge in [0.1, 0.15) is 6.54 Å². The van der Waals surface area contributed by atoms with Gasteiger partial charge in [-0.3, -0.25) is 19.4 Å². The van der Waals surface area contributed by atoms with Crippen LogP contribution in [0.1, 0.15) is 36.4 Å². The van der Waals surface area contributed by atoms with Crippen LogP contribution in [0.5, 0.6) is 0 Å². The maximum absolute atomic E-state index is 12.4. The molecule has 0 saturated carbocycles. The van der Waals surface area contributed by atoms with Gasteiger partial charge in [0.2, 0.25) is 5.91 Å². The zero-order valence-corrected chi connectivity index (χ0v) is 13.4. The molecule has 0 aromatic carbocycles. The SMILES string of the molecule is O=C(O)Cn1ccc([C@H]2CCCN(C(=O)CCc3cn[nH]c3)C2)n1. The zero-order chi connectivity index (χ0) is 16.9. The Balaban J connectivity index is 1.56. The van der Waals surface area contributed by atoms with E-state index in [9.17, 15) is 9.59 Å². The molecule has 0 aliphatic carbocycles. The topological polar surface area (TPSA) is 104 Å². The molecule has 8 nitrogen and oxygen atoms in total. The van der Waals surface area contributed by atoms with Gasteiger partial charge in [-0.05, 0) is 30.9 Å². The molecular formula is C16H21N5O3. The van der Waals surface area contributed by atoms with Crippen LogP contribution in [0.4, 0.5) is 0 Å². The average molecular weight is 331 g/mol. The van der Waals surface area contributed by atoms with Gasteiger partial charge in [-0.1, -0.05) is 0 Å². The zero-order valence-electron chi connectivity index (χ0n) is 13.4. The van der Waals surface area contributed by atoms with Crippen molar-refractivity contribution >= 4 is 11.9 Å². The lowest BCUT2D eigenvalue weighted by atomic mass is 9.94. The Kier molecular flexibility index (Phi) is 4.93. The number of hydrogen-bond donors (Lipinski definition) is 2. The number of H-pyrrole nitrogens is 1. The minimum absolute atomic E-state index is 0.139. The molecule has 0 bridgehead atoms. The first-order valence-corrected chi connectivity index (χ1v) is 8.12. The van der Waals surface area contributed by atoms with E-state index in [-0.39, 0.29) is 18.4 Å². The number of aromatic nitrogens is 4. The summed E-state index contributed by atoms with van der Waals surface area (Å²) < 4.78 is 1.43. The van der Waals surface area contributed by atoms with E-state index in [0.29, 0.717) is 19.4 Å². The van der Waals surface area contributed by atoms with Crippen molar-refractivity contribution in [1.29, 1.82) is 0 Å². The largest absolute Gasteiger partial charge is 0.480 e. The second kappa shape index (κ2) is 7.29. The van der Waals surface area contributed by atoms with Crippen molar-refractivity contribution in [3.63, 3.8) is 0 Å². The van der Waals surface area contributed by atoms with Crippen molar-refractivity contribution < 1.29 is 14.7 Å². The van der Waals surface area contributed by atoms with E-state index in [1.54, 1.807) is 18.6 Å². The molecule has 1 saturated heterocycles. The Morgan fingerprint density at radius 3 is 3.04 bits per heavy atom. The van der Waals surface area contributed by atoms with Crippen molar-refractivity contribution in [2.45, 2.75) is 38.1 Å². The monoisotopic (exact) mass is 331 g/mol. The predicted molar refractivity (Wildman–Crippen MR) is 85.3 cm³/mol. The lowest BCUT2D eigenvalue weighted by Crippen LogP contribution is -2.39. The van der Waals surface area contributed by atoms with Crippen molar-refractivity contribution in [2.24, 2.45) is 0 Å². The van der Waals surface area contributed by atoms with Crippen LogP contribution < -0.4 is 0 Å². The summed E-state index contributed by atoms with van der Waals surface area (Å²) >= 11 is 0. The number of rotatable bonds is 6. The Bertz CT molecular complexity index is 694. The Morgan fingerprint density at radius 2 is 2.29 bits per heavy atom. The lowest BCUT2D eigenvalue weighted by Gasteiger charge is -2.32. The average Bonchev–Trinajstić information content (AvgIpc) is 3.24. The number of piperidine rings is 1. The summed E-state index contributed by atoms with van der Waals surface area (Å²) in [5.41, 5.74) is 1.90. The summed E-state index contributed by atoms with van der Waals surface area (Å²) in [5, 5.41) is 19.8. The minimum atomic E-state index is -0.913. The highest BCUT2D eigenvalue weighted by Gasteiger charge is 2.26. The summed E-state index contributed by atoms with van der Waals surface area (Å²) in [6.45, 7) is 1.28. The number of nitrogens with zero attached hydrogens (tertiary/aromatic N) is 4. The summed E-state index contributed by atoms with van der Waals surface area (Å²) in [4.78, 5) is 25.1. The van der Waals surface area contributed by atoms with Crippen LogP contribution in [0.15, 0.2) is 24.7 Å². The van der Waals surface area contributed by atoms with Gasteiger partial charge in [-0.25, -0.2) is 0 Å². The fourth-order valence-corrected chi connectivity index (χ4v) is 3.09. The number of nitrogens with one attached hydrogen (secondary N) is 1. The van der Waals surface area contributed by atoms with E-state index >= 15 is 0 Å². The number of aryl methyl sites for hydroxylation is 1. The Hall–Kier alpha value is -2.64. The van der Waals surface area contributed by atoms with Crippen LogP contribution in [-0.2, 0) is 22.6 Å². The number of likely N-dealkylation sites (tertiary alicyclic amines) is 1. The third-order valence-corrected chi connectivity index (χ3v) is 4.33. The summed E-state index contributed by atoms with van der Waals surface area (Å²) in [6.07, 6.45) is 8.29. The molecule has 1 atom stereocenters. The third kappa shape index (κ3) is 4.01. The first-order valence-electron chi connectivity index (χ1n) is 8.12. The summed E-state index contributed by atoms with van der Waals surface area (Å²) in [5.74, 6) is -0.595. The van der Waals surface area contributed by atoms with E-state index in [4.69, 9.17) is 5.11 Å². The van der Waals surface area contributed by atoms with E-state index < -0.39 is 5.97 Å². The number of hydrogen-bond acceptors (Lipinski definition) is 4. The molecule has 8 heteroatoms. The number of carboxylic acid groups (broad SMARTS) is 1. The molecular weight excluding hydrogens is 310 g/mol. The minimum Gasteiger partial charge on any atom is -0.480 e. The van der Waals surface area contributed by atoms with Crippen LogP contribution in [0.3, 0.4) is 0 Å². The van der Waals surface area contributed by atoms with Crippen molar-refractivity contribution in [2.75, 3.05) is 13.1 Å². The fraction of sp³-hybridized carbons (Fsp3) is 0.500. The van der Waals surface area contributed by atoms with Gasteiger partial charge in [-0.15, -0.1) is 0 Å². The number of aliphatic carboxylic acids is 1. The fourth-order valence-electron chi connectivity index (χ4n) is 3.09. The smallest absolute Gasteiger partial charge is 0.325 e. The molecule has 2 aromatic heterocycles. The van der Waals surface area contributed by atoms with Gasteiger partial charge >= 0.3 is 5.97 Å². The van der Waals surface area contributed by atoms with E-state index in [2.05, 4.69) is 15.3 Å². The van der Waals surface area contributed by atoms with Crippen molar-refractivity contribution in [3.05, 3.63) is 35.9 Å². The molecule has 24 heavy (non-hydrogen) atoms. The van der Waals surface area contributed by atoms with Crippen LogP contribution in [0, 0.1) is 0 Å². The first-order chi connectivity index (χ1) is 11.6. The first kappa shape index (κ1) is 16.2. The maximum atomic E-state index is 12.4. The third-order valence-electron chi connectivity index (χ3n) is 4.33. The summed E-state index contributed by atoms with van der Waals surface area (Å²) in [6, 6.07) is 1.85. The van der Waals surface area contributed by atoms with Gasteiger partial charge in [-0.2, -0.15) is 10.2 Å². The highest BCUT2D eigenvalue weighted by atomic mass is 16.4. The van der Waals surface area contributed by atoms with Gasteiger partial charge in [0, 0.05) is 37.8 Å². The molecule has 0 spiro atoms. The number of carboxylic acids is 1. The van der Waals surface area contributed by atoms with Crippen LogP contribution >= 0.6 is 0 Å². The molecule has 0 radical (unpaired) electrons. The second-order valence-corrected chi connectivity index (χ2v) is 6.12. The molecule has 1 aliphatic heterocycles. The molecule has 1 amide bonds. The Labute approximate surface area is 139 Å². The lowest BCUT2D eigenvalue weighted by molar-refractivity contribution is -0.138. The summed E-state index contributed by atoms with van der Waals surface area (Å²) in [7, 11) is 0. The maximum Gasteiger partial charge on any atom is 0.325 e. The standard InChI is InChI=1S/C16H21N5O3/c22-15(4-3-12-8-17-18-9-12)20-6-1-2-13(10-20)14-5-7-21(19-14)11-16(23)24/h5,7-9,13H,1-4,6,10-11H2,(H,17,18)(H,23,24)/t13-/m0/s1. The normalized spacial score (nSPS) is 17.8. The van der Waals surface area contributed by atoms with Gasteiger partial charge in [0.25, 0.3) is 0 Å². The molecule has 2 N–H and O–H groups in total. The van der Waals surface area contributed by atoms with Crippen LogP contribution in [0.2, 0.25) is 0 Å². The van der Waals surface area contributed by atoms with Gasteiger partial charge in [0.15, 0.2) is 0 Å². The van der Waals surface area contributed by atoms with Crippen LogP contribution in [-0.4, -0.2) is 55.0 Å². The number of carbonyl (C=O) groups is 2.